The van der Waals surface area contributed by atoms with Crippen LogP contribution in [0.1, 0.15) is 38.3 Å². The molecule has 2 aliphatic heterocycles. The van der Waals surface area contributed by atoms with Crippen molar-refractivity contribution in [3.8, 4) is 0 Å². The largest absolute Gasteiger partial charge is 0.379 e. The van der Waals surface area contributed by atoms with Crippen LogP contribution in [0.2, 0.25) is 0 Å². The Balaban J connectivity index is 1.79. The third kappa shape index (κ3) is 3.91. The van der Waals surface area contributed by atoms with E-state index in [1.54, 1.807) is 11.8 Å². The molecule has 1 atom stereocenters. The first-order valence-corrected chi connectivity index (χ1v) is 9.61. The van der Waals surface area contributed by atoms with Gasteiger partial charge in [-0.2, -0.15) is 0 Å². The van der Waals surface area contributed by atoms with Gasteiger partial charge in [0.05, 0.1) is 13.2 Å². The molecular weight excluding hydrogens is 330 g/mol. The van der Waals surface area contributed by atoms with Gasteiger partial charge < -0.3 is 14.5 Å². The number of nitrogens with zero attached hydrogens (tertiary/aromatic N) is 3. The lowest BCUT2D eigenvalue weighted by atomic mass is 10.1. The molecule has 0 saturated carbocycles. The van der Waals surface area contributed by atoms with E-state index in [0.29, 0.717) is 13.1 Å². The van der Waals surface area contributed by atoms with Crippen LogP contribution in [0, 0.1) is 0 Å². The Morgan fingerprint density at radius 1 is 1.23 bits per heavy atom. The van der Waals surface area contributed by atoms with E-state index in [0.717, 1.165) is 56.9 Å². The van der Waals surface area contributed by atoms with E-state index in [-0.39, 0.29) is 11.8 Å². The Morgan fingerprint density at radius 3 is 2.65 bits per heavy atom. The molecule has 26 heavy (non-hydrogen) atoms. The standard InChI is InChI=1S/C20H29N3O3/c1-3-4-9-22(16(2)24)19-17-7-5-6-8-18(17)23(20(19)25)11-10-21-12-14-26-15-13-21/h5-8,19H,3-4,9-15H2,1-2H3. The minimum absolute atomic E-state index is 0.0192. The number of fused-ring (bicyclic) bond motifs is 1. The van der Waals surface area contributed by atoms with Crippen molar-refractivity contribution in [2.75, 3.05) is 50.8 Å². The fourth-order valence-corrected chi connectivity index (χ4v) is 3.76. The lowest BCUT2D eigenvalue weighted by molar-refractivity contribution is -0.137. The number of unbranched alkanes of at least 4 members (excludes halogenated alkanes) is 1. The topological polar surface area (TPSA) is 53.1 Å². The van der Waals surface area contributed by atoms with Gasteiger partial charge >= 0.3 is 0 Å². The van der Waals surface area contributed by atoms with E-state index in [1.165, 1.54) is 0 Å². The Bertz CT molecular complexity index is 643. The number of morpholine rings is 1. The average molecular weight is 359 g/mol. The number of hydrogen-bond donors (Lipinski definition) is 0. The van der Waals surface area contributed by atoms with Gasteiger partial charge in [-0.1, -0.05) is 31.5 Å². The van der Waals surface area contributed by atoms with Crippen LogP contribution in [0.15, 0.2) is 24.3 Å². The van der Waals surface area contributed by atoms with Gasteiger partial charge in [0.1, 0.15) is 6.04 Å². The molecule has 0 radical (unpaired) electrons. The van der Waals surface area contributed by atoms with Crippen molar-refractivity contribution in [3.05, 3.63) is 29.8 Å². The molecule has 6 nitrogen and oxygen atoms in total. The molecule has 0 N–H and O–H groups in total. The molecule has 2 amide bonds. The molecular formula is C20H29N3O3. The maximum absolute atomic E-state index is 13.2. The molecule has 0 aliphatic carbocycles. The fourth-order valence-electron chi connectivity index (χ4n) is 3.76. The van der Waals surface area contributed by atoms with E-state index in [2.05, 4.69) is 11.8 Å². The van der Waals surface area contributed by atoms with E-state index >= 15 is 0 Å². The second kappa shape index (κ2) is 8.64. The van der Waals surface area contributed by atoms with Crippen molar-refractivity contribution >= 4 is 17.5 Å². The van der Waals surface area contributed by atoms with Gasteiger partial charge in [0, 0.05) is 50.9 Å². The van der Waals surface area contributed by atoms with Crippen LogP contribution in [0.25, 0.3) is 0 Å². The predicted molar refractivity (Wildman–Crippen MR) is 101 cm³/mol. The van der Waals surface area contributed by atoms with Gasteiger partial charge in [-0.25, -0.2) is 0 Å². The number of hydrogen-bond acceptors (Lipinski definition) is 4. The molecule has 2 heterocycles. The zero-order valence-corrected chi connectivity index (χ0v) is 15.8. The number of para-hydroxylation sites is 1. The van der Waals surface area contributed by atoms with Crippen molar-refractivity contribution in [2.24, 2.45) is 0 Å². The van der Waals surface area contributed by atoms with Crippen LogP contribution in [0.3, 0.4) is 0 Å². The van der Waals surface area contributed by atoms with Gasteiger partial charge in [0.15, 0.2) is 0 Å². The van der Waals surface area contributed by atoms with E-state index in [9.17, 15) is 9.59 Å². The molecule has 0 aromatic heterocycles. The van der Waals surface area contributed by atoms with Crippen LogP contribution in [0.5, 0.6) is 0 Å². The third-order valence-electron chi connectivity index (χ3n) is 5.23. The second-order valence-electron chi connectivity index (χ2n) is 6.97. The van der Waals surface area contributed by atoms with E-state index < -0.39 is 6.04 Å². The molecule has 1 saturated heterocycles. The summed E-state index contributed by atoms with van der Waals surface area (Å²) in [5.41, 5.74) is 1.89. The van der Waals surface area contributed by atoms with Crippen molar-refractivity contribution in [1.82, 2.24) is 9.80 Å². The zero-order valence-electron chi connectivity index (χ0n) is 15.8. The van der Waals surface area contributed by atoms with Crippen LogP contribution in [0.4, 0.5) is 5.69 Å². The number of carbonyl (C=O) groups is 2. The Hall–Kier alpha value is -1.92. The highest BCUT2D eigenvalue weighted by atomic mass is 16.5. The Labute approximate surface area is 155 Å². The highest BCUT2D eigenvalue weighted by molar-refractivity contribution is 6.06. The number of anilines is 1. The minimum Gasteiger partial charge on any atom is -0.379 e. The number of benzene rings is 1. The maximum Gasteiger partial charge on any atom is 0.254 e. The van der Waals surface area contributed by atoms with Crippen molar-refractivity contribution in [2.45, 2.75) is 32.7 Å². The van der Waals surface area contributed by atoms with Crippen LogP contribution in [-0.4, -0.2) is 67.6 Å². The molecule has 0 bridgehead atoms. The Morgan fingerprint density at radius 2 is 1.96 bits per heavy atom. The highest BCUT2D eigenvalue weighted by Gasteiger charge is 2.41. The molecule has 0 spiro atoms. The molecule has 1 aromatic carbocycles. The van der Waals surface area contributed by atoms with Crippen LogP contribution < -0.4 is 4.90 Å². The summed E-state index contributed by atoms with van der Waals surface area (Å²) in [6.07, 6.45) is 1.90. The van der Waals surface area contributed by atoms with Crippen LogP contribution >= 0.6 is 0 Å². The lowest BCUT2D eigenvalue weighted by Crippen LogP contribution is -2.45. The maximum atomic E-state index is 13.2. The number of ether oxygens (including phenoxy) is 1. The van der Waals surface area contributed by atoms with E-state index in [4.69, 9.17) is 4.74 Å². The lowest BCUT2D eigenvalue weighted by Gasteiger charge is -2.30. The van der Waals surface area contributed by atoms with Gasteiger partial charge in [-0.05, 0) is 12.5 Å². The molecule has 1 aromatic rings. The fraction of sp³-hybridized carbons (Fsp3) is 0.600. The summed E-state index contributed by atoms with van der Waals surface area (Å²) in [6, 6.07) is 7.39. The van der Waals surface area contributed by atoms with Gasteiger partial charge in [0.25, 0.3) is 5.91 Å². The summed E-state index contributed by atoms with van der Waals surface area (Å²) in [4.78, 5) is 31.4. The van der Waals surface area contributed by atoms with Gasteiger partial charge in [-0.15, -0.1) is 0 Å². The third-order valence-corrected chi connectivity index (χ3v) is 5.23. The van der Waals surface area contributed by atoms with Crippen molar-refractivity contribution in [1.29, 1.82) is 0 Å². The van der Waals surface area contributed by atoms with Gasteiger partial charge in [-0.3, -0.25) is 14.5 Å². The van der Waals surface area contributed by atoms with E-state index in [1.807, 2.05) is 29.2 Å². The first-order valence-electron chi connectivity index (χ1n) is 9.61. The summed E-state index contributed by atoms with van der Waals surface area (Å²) >= 11 is 0. The first kappa shape index (κ1) is 18.9. The average Bonchev–Trinajstić information content (AvgIpc) is 2.93. The number of rotatable bonds is 7. The second-order valence-corrected chi connectivity index (χ2v) is 6.97. The SMILES string of the molecule is CCCCN(C(C)=O)C1C(=O)N(CCN2CCOCC2)c2ccccc21. The summed E-state index contributed by atoms with van der Waals surface area (Å²) in [6.45, 7) is 9.06. The molecule has 1 fully saturated rings. The summed E-state index contributed by atoms with van der Waals surface area (Å²) < 4.78 is 5.39. The van der Waals surface area contributed by atoms with Crippen LogP contribution in [-0.2, 0) is 14.3 Å². The molecule has 142 valence electrons. The number of amides is 2. The first-order chi connectivity index (χ1) is 12.6. The minimum atomic E-state index is -0.486. The molecule has 2 aliphatic rings. The summed E-state index contributed by atoms with van der Waals surface area (Å²) in [7, 11) is 0. The molecule has 6 heteroatoms. The smallest absolute Gasteiger partial charge is 0.254 e. The normalized spacial score (nSPS) is 20.3. The summed E-state index contributed by atoms with van der Waals surface area (Å²) in [5.74, 6) is -0.0209. The summed E-state index contributed by atoms with van der Waals surface area (Å²) in [5, 5.41) is 0. The quantitative estimate of drug-likeness (QED) is 0.748. The zero-order chi connectivity index (χ0) is 18.5. The Kier molecular flexibility index (Phi) is 6.27. The molecule has 3 rings (SSSR count). The number of carbonyl (C=O) groups excluding carboxylic acids is 2. The monoisotopic (exact) mass is 359 g/mol. The van der Waals surface area contributed by atoms with Gasteiger partial charge in [0.2, 0.25) is 5.91 Å². The predicted octanol–water partition coefficient (Wildman–Crippen LogP) is 2.06. The highest BCUT2D eigenvalue weighted by Crippen LogP contribution is 2.39. The molecule has 1 unspecified atom stereocenters. The van der Waals surface area contributed by atoms with Crippen molar-refractivity contribution in [3.63, 3.8) is 0 Å². The van der Waals surface area contributed by atoms with Crippen molar-refractivity contribution < 1.29 is 14.3 Å².